The summed E-state index contributed by atoms with van der Waals surface area (Å²) in [5, 5.41) is 8.04. The van der Waals surface area contributed by atoms with Crippen LogP contribution < -0.4 is 0 Å². The number of nitriles is 1. The van der Waals surface area contributed by atoms with Crippen LogP contribution in [0.4, 0.5) is 0 Å². The van der Waals surface area contributed by atoms with Crippen LogP contribution in [0.2, 0.25) is 0 Å². The van der Waals surface area contributed by atoms with Gasteiger partial charge < -0.3 is 0 Å². The Bertz CT molecular complexity index is 379. The van der Waals surface area contributed by atoms with E-state index in [1.165, 1.54) is 0 Å². The molecular weight excluding hydrogens is 186 g/mol. The minimum Gasteiger partial charge on any atom is -0.276 e. The van der Waals surface area contributed by atoms with E-state index in [0.717, 1.165) is 11.1 Å². The third-order valence-electron chi connectivity index (χ3n) is 1.88. The van der Waals surface area contributed by atoms with Crippen molar-refractivity contribution in [3.05, 3.63) is 34.9 Å². The van der Waals surface area contributed by atoms with Crippen molar-refractivity contribution in [3.63, 3.8) is 0 Å². The second-order valence-electron chi connectivity index (χ2n) is 2.71. The third-order valence-corrected chi connectivity index (χ3v) is 2.08. The van der Waals surface area contributed by atoms with E-state index >= 15 is 0 Å². The molecule has 0 unspecified atom stereocenters. The van der Waals surface area contributed by atoms with Crippen molar-refractivity contribution in [1.29, 1.82) is 5.26 Å². The molecule has 0 heterocycles. The number of rotatable bonds is 2. The number of benzene rings is 1. The van der Waals surface area contributed by atoms with Gasteiger partial charge in [0.2, 0.25) is 0 Å². The number of hydrogen-bond donors (Lipinski definition) is 0. The van der Waals surface area contributed by atoms with Gasteiger partial charge in [-0.1, -0.05) is 12.1 Å². The van der Waals surface area contributed by atoms with Gasteiger partial charge in [-0.05, 0) is 35.7 Å². The van der Waals surface area contributed by atoms with Crippen LogP contribution in [0, 0.1) is 18.3 Å². The van der Waals surface area contributed by atoms with Crippen LogP contribution in [-0.2, 0) is 6.42 Å². The first-order valence-corrected chi connectivity index (χ1v) is 4.20. The summed E-state index contributed by atoms with van der Waals surface area (Å²) in [4.78, 5) is 10.9. The lowest BCUT2D eigenvalue weighted by molar-refractivity contribution is 0.108. The monoisotopic (exact) mass is 193 g/mol. The average Bonchev–Trinajstić information content (AvgIpc) is 2.08. The Morgan fingerprint density at radius 1 is 1.62 bits per heavy atom. The van der Waals surface area contributed by atoms with E-state index in [9.17, 15) is 4.79 Å². The summed E-state index contributed by atoms with van der Waals surface area (Å²) in [5.41, 5.74) is 2.08. The zero-order chi connectivity index (χ0) is 9.84. The van der Waals surface area contributed by atoms with Gasteiger partial charge in [-0.25, -0.2) is 0 Å². The van der Waals surface area contributed by atoms with Crippen molar-refractivity contribution < 1.29 is 4.79 Å². The first kappa shape index (κ1) is 9.76. The van der Waals surface area contributed by atoms with Crippen LogP contribution in [0.15, 0.2) is 18.2 Å². The zero-order valence-corrected chi connectivity index (χ0v) is 7.93. The molecule has 0 spiro atoms. The molecular formula is C10H8ClNO. The molecule has 0 aliphatic rings. The molecule has 66 valence electrons. The summed E-state index contributed by atoms with van der Waals surface area (Å²) in [6.45, 7) is 1.86. The molecule has 0 aliphatic carbocycles. The lowest BCUT2D eigenvalue weighted by Gasteiger charge is -2.04. The maximum atomic E-state index is 10.9. The fraction of sp³-hybridized carbons (Fsp3) is 0.200. The molecule has 3 heteroatoms. The van der Waals surface area contributed by atoms with Gasteiger partial charge in [0.1, 0.15) is 0 Å². The molecule has 1 aromatic carbocycles. The highest BCUT2D eigenvalue weighted by atomic mass is 35.5. The Hall–Kier alpha value is -1.33. The molecule has 1 rings (SSSR count). The van der Waals surface area contributed by atoms with Crippen molar-refractivity contribution in [2.75, 3.05) is 0 Å². The normalized spacial score (nSPS) is 9.31. The van der Waals surface area contributed by atoms with Gasteiger partial charge in [-0.2, -0.15) is 5.26 Å². The fourth-order valence-electron chi connectivity index (χ4n) is 1.20. The largest absolute Gasteiger partial charge is 0.276 e. The van der Waals surface area contributed by atoms with E-state index in [1.807, 2.05) is 19.1 Å². The van der Waals surface area contributed by atoms with Gasteiger partial charge in [-0.3, -0.25) is 4.79 Å². The molecule has 0 atom stereocenters. The summed E-state index contributed by atoms with van der Waals surface area (Å²) in [6.07, 6.45) is 0.223. The van der Waals surface area contributed by atoms with E-state index in [4.69, 9.17) is 16.9 Å². The maximum Gasteiger partial charge on any atom is 0.252 e. The Morgan fingerprint density at radius 3 is 2.85 bits per heavy atom. The van der Waals surface area contributed by atoms with Crippen molar-refractivity contribution in [3.8, 4) is 6.07 Å². The summed E-state index contributed by atoms with van der Waals surface area (Å²) in [7, 11) is 0. The van der Waals surface area contributed by atoms with Gasteiger partial charge in [0.25, 0.3) is 5.24 Å². The minimum atomic E-state index is -0.506. The highest BCUT2D eigenvalue weighted by Gasteiger charge is 2.09. The number of halogens is 1. The van der Waals surface area contributed by atoms with Crippen LogP contribution >= 0.6 is 11.6 Å². The Labute approximate surface area is 81.7 Å². The Kier molecular flexibility index (Phi) is 3.05. The summed E-state index contributed by atoms with van der Waals surface area (Å²) >= 11 is 5.37. The quantitative estimate of drug-likeness (QED) is 0.677. The molecule has 0 N–H and O–H groups in total. The standard InChI is InChI=1S/C10H8ClNO/c1-7-3-2-4-9(10(11)13)8(7)5-6-12/h2-4H,5H2,1H3. The van der Waals surface area contributed by atoms with E-state index in [1.54, 1.807) is 12.1 Å². The molecule has 0 radical (unpaired) electrons. The lowest BCUT2D eigenvalue weighted by atomic mass is 10.0. The highest BCUT2D eigenvalue weighted by Crippen LogP contribution is 2.16. The van der Waals surface area contributed by atoms with Crippen molar-refractivity contribution in [2.24, 2.45) is 0 Å². The fourth-order valence-corrected chi connectivity index (χ4v) is 1.38. The SMILES string of the molecule is Cc1cccc(C(=O)Cl)c1CC#N. The molecule has 2 nitrogen and oxygen atoms in total. The minimum absolute atomic E-state index is 0.223. The van der Waals surface area contributed by atoms with Crippen LogP contribution in [0.25, 0.3) is 0 Å². The molecule has 0 amide bonds. The van der Waals surface area contributed by atoms with Gasteiger partial charge in [0.15, 0.2) is 0 Å². The molecule has 0 saturated carbocycles. The number of aryl methyl sites for hydroxylation is 1. The van der Waals surface area contributed by atoms with E-state index in [2.05, 4.69) is 0 Å². The number of nitrogens with zero attached hydrogens (tertiary/aromatic N) is 1. The smallest absolute Gasteiger partial charge is 0.252 e. The van der Waals surface area contributed by atoms with E-state index in [0.29, 0.717) is 5.56 Å². The predicted molar refractivity (Wildman–Crippen MR) is 50.7 cm³/mol. The van der Waals surface area contributed by atoms with Crippen LogP contribution in [0.5, 0.6) is 0 Å². The predicted octanol–water partition coefficient (Wildman–Crippen LogP) is 2.44. The van der Waals surface area contributed by atoms with E-state index < -0.39 is 5.24 Å². The molecule has 1 aromatic rings. The molecule has 0 fully saturated rings. The van der Waals surface area contributed by atoms with E-state index in [-0.39, 0.29) is 6.42 Å². The Balaban J connectivity index is 3.27. The molecule has 0 bridgehead atoms. The molecule has 0 aliphatic heterocycles. The van der Waals surface area contributed by atoms with Gasteiger partial charge in [-0.15, -0.1) is 0 Å². The summed E-state index contributed by atoms with van der Waals surface area (Å²) in [6, 6.07) is 7.26. The molecule has 0 saturated heterocycles. The van der Waals surface area contributed by atoms with Crippen LogP contribution in [0.3, 0.4) is 0 Å². The number of hydrogen-bond acceptors (Lipinski definition) is 2. The number of carbonyl (C=O) groups excluding carboxylic acids is 1. The van der Waals surface area contributed by atoms with Crippen LogP contribution in [0.1, 0.15) is 21.5 Å². The molecule has 13 heavy (non-hydrogen) atoms. The zero-order valence-electron chi connectivity index (χ0n) is 7.17. The maximum absolute atomic E-state index is 10.9. The lowest BCUT2D eigenvalue weighted by Crippen LogP contribution is -1.99. The second-order valence-corrected chi connectivity index (χ2v) is 3.05. The van der Waals surface area contributed by atoms with Crippen LogP contribution in [-0.4, -0.2) is 5.24 Å². The Morgan fingerprint density at radius 2 is 2.31 bits per heavy atom. The summed E-state index contributed by atoms with van der Waals surface area (Å²) < 4.78 is 0. The van der Waals surface area contributed by atoms with Gasteiger partial charge in [0, 0.05) is 5.56 Å². The summed E-state index contributed by atoms with van der Waals surface area (Å²) in [5.74, 6) is 0. The van der Waals surface area contributed by atoms with Crippen molar-refractivity contribution >= 4 is 16.8 Å². The second kappa shape index (κ2) is 4.06. The highest BCUT2D eigenvalue weighted by molar-refractivity contribution is 6.67. The first-order valence-electron chi connectivity index (χ1n) is 3.82. The first-order chi connectivity index (χ1) is 6.16. The molecule has 0 aromatic heterocycles. The topological polar surface area (TPSA) is 40.9 Å². The van der Waals surface area contributed by atoms with Gasteiger partial charge in [0.05, 0.1) is 12.5 Å². The van der Waals surface area contributed by atoms with Gasteiger partial charge >= 0.3 is 0 Å². The van der Waals surface area contributed by atoms with Crippen molar-refractivity contribution in [2.45, 2.75) is 13.3 Å². The number of carbonyl (C=O) groups is 1. The van der Waals surface area contributed by atoms with Crippen molar-refractivity contribution in [1.82, 2.24) is 0 Å². The average molecular weight is 194 g/mol. The third kappa shape index (κ3) is 2.07.